The molecule has 0 atom stereocenters. The molecule has 5 nitrogen and oxygen atoms in total. The molecule has 0 bridgehead atoms. The average Bonchev–Trinajstić information content (AvgIpc) is 2.26. The number of benzene rings is 1. The molecule has 0 aliphatic heterocycles. The van der Waals surface area contributed by atoms with Gasteiger partial charge in [-0.2, -0.15) is 4.73 Å². The van der Waals surface area contributed by atoms with Gasteiger partial charge in [-0.25, -0.2) is 4.79 Å². The van der Waals surface area contributed by atoms with Crippen LogP contribution in [0.5, 0.6) is 0 Å². The minimum absolute atomic E-state index is 0.516. The number of anilines is 1. The van der Waals surface area contributed by atoms with Gasteiger partial charge in [0.05, 0.1) is 0 Å². The Bertz CT molecular complexity index is 618. The number of nitrogens with one attached hydrogen (secondary N) is 1. The zero-order valence-corrected chi connectivity index (χ0v) is 11.1. The van der Waals surface area contributed by atoms with E-state index in [4.69, 9.17) is 4.74 Å². The van der Waals surface area contributed by atoms with E-state index < -0.39 is 11.7 Å². The van der Waals surface area contributed by atoms with Crippen molar-refractivity contribution >= 4 is 22.7 Å². The number of rotatable bonds is 1. The summed E-state index contributed by atoms with van der Waals surface area (Å²) in [7, 11) is 0. The Kier molecular flexibility index (Phi) is 3.29. The summed E-state index contributed by atoms with van der Waals surface area (Å²) in [5, 5.41) is 14.9. The molecule has 5 heteroatoms. The molecule has 1 amide bonds. The number of carbonyl (C=O) groups is 1. The molecule has 0 aliphatic carbocycles. The molecule has 2 aromatic rings. The summed E-state index contributed by atoms with van der Waals surface area (Å²) in [6.07, 6.45) is 0.918. The Balaban J connectivity index is 2.20. The third-order valence-corrected chi connectivity index (χ3v) is 2.41. The molecule has 0 radical (unpaired) electrons. The van der Waals surface area contributed by atoms with Crippen molar-refractivity contribution in [3.05, 3.63) is 41.7 Å². The fraction of sp³-hybridized carbons (Fsp3) is 0.286. The molecular formula is C14H16N2O3. The van der Waals surface area contributed by atoms with Crippen molar-refractivity contribution in [1.29, 1.82) is 0 Å². The summed E-state index contributed by atoms with van der Waals surface area (Å²) >= 11 is 0. The fourth-order valence-electron chi connectivity index (χ4n) is 1.69. The van der Waals surface area contributed by atoms with Gasteiger partial charge in [0.25, 0.3) is 0 Å². The molecule has 1 heterocycles. The molecule has 0 saturated carbocycles. The second-order valence-electron chi connectivity index (χ2n) is 5.23. The van der Waals surface area contributed by atoms with Gasteiger partial charge in [0, 0.05) is 23.2 Å². The van der Waals surface area contributed by atoms with Gasteiger partial charge < -0.3 is 9.94 Å². The monoisotopic (exact) mass is 260 g/mol. The SMILES string of the molecule is CC(C)(C)OC(=O)Nc1ccc2c(ccc[n+]2[O-])c1. The molecule has 1 N–H and O–H groups in total. The van der Waals surface area contributed by atoms with Crippen molar-refractivity contribution in [3.8, 4) is 0 Å². The van der Waals surface area contributed by atoms with Gasteiger partial charge in [-0.15, -0.1) is 0 Å². The number of pyridine rings is 1. The molecule has 0 unspecified atom stereocenters. The lowest BCUT2D eigenvalue weighted by Crippen LogP contribution is -2.27. The number of fused-ring (bicyclic) bond motifs is 1. The lowest BCUT2D eigenvalue weighted by Gasteiger charge is -2.19. The number of hydrogen-bond donors (Lipinski definition) is 1. The highest BCUT2D eigenvalue weighted by Crippen LogP contribution is 2.17. The first-order valence-corrected chi connectivity index (χ1v) is 5.97. The number of aromatic nitrogens is 1. The predicted octanol–water partition coefficient (Wildman–Crippen LogP) is 2.82. The van der Waals surface area contributed by atoms with E-state index in [0.717, 1.165) is 10.1 Å². The van der Waals surface area contributed by atoms with E-state index in [1.54, 1.807) is 45.0 Å². The van der Waals surface area contributed by atoms with E-state index in [-0.39, 0.29) is 0 Å². The van der Waals surface area contributed by atoms with E-state index >= 15 is 0 Å². The minimum atomic E-state index is -0.543. The Morgan fingerprint density at radius 3 is 2.74 bits per heavy atom. The van der Waals surface area contributed by atoms with Crippen LogP contribution in [-0.4, -0.2) is 11.7 Å². The topological polar surface area (TPSA) is 65.3 Å². The number of ether oxygens (including phenoxy) is 1. The van der Waals surface area contributed by atoms with Crippen LogP contribution in [0.25, 0.3) is 10.9 Å². The van der Waals surface area contributed by atoms with Crippen LogP contribution in [0.15, 0.2) is 36.5 Å². The van der Waals surface area contributed by atoms with E-state index in [0.29, 0.717) is 11.2 Å². The second-order valence-corrected chi connectivity index (χ2v) is 5.23. The van der Waals surface area contributed by atoms with Crippen LogP contribution < -0.4 is 10.0 Å². The number of hydrogen-bond acceptors (Lipinski definition) is 3. The summed E-state index contributed by atoms with van der Waals surface area (Å²) in [5.74, 6) is 0. The molecular weight excluding hydrogens is 244 g/mol. The van der Waals surface area contributed by atoms with E-state index in [2.05, 4.69) is 5.32 Å². The smallest absolute Gasteiger partial charge is 0.412 e. The predicted molar refractivity (Wildman–Crippen MR) is 72.8 cm³/mol. The largest absolute Gasteiger partial charge is 0.618 e. The van der Waals surface area contributed by atoms with Gasteiger partial charge in [-0.1, -0.05) is 0 Å². The van der Waals surface area contributed by atoms with Crippen LogP contribution >= 0.6 is 0 Å². The van der Waals surface area contributed by atoms with Crippen LogP contribution in [0.2, 0.25) is 0 Å². The normalized spacial score (nSPS) is 11.3. The van der Waals surface area contributed by atoms with Gasteiger partial charge in [-0.3, -0.25) is 5.32 Å². The van der Waals surface area contributed by atoms with E-state index in [9.17, 15) is 10.0 Å². The standard InChI is InChI=1S/C14H16N2O3/c1-14(2,3)19-13(17)15-11-6-7-12-10(9-11)5-4-8-16(12)18/h4-9H,1-3H3,(H,15,17). The van der Waals surface area contributed by atoms with Crippen molar-refractivity contribution in [2.45, 2.75) is 26.4 Å². The maximum Gasteiger partial charge on any atom is 0.412 e. The Morgan fingerprint density at radius 1 is 1.32 bits per heavy atom. The van der Waals surface area contributed by atoms with Crippen LogP contribution in [0, 0.1) is 5.21 Å². The zero-order chi connectivity index (χ0) is 14.0. The first kappa shape index (κ1) is 13.1. The van der Waals surface area contributed by atoms with E-state index in [1.165, 1.54) is 6.20 Å². The minimum Gasteiger partial charge on any atom is -0.618 e. The zero-order valence-electron chi connectivity index (χ0n) is 11.1. The summed E-state index contributed by atoms with van der Waals surface area (Å²) in [6, 6.07) is 8.53. The van der Waals surface area contributed by atoms with Crippen molar-refractivity contribution in [1.82, 2.24) is 0 Å². The first-order chi connectivity index (χ1) is 8.85. The van der Waals surface area contributed by atoms with Gasteiger partial charge in [-0.05, 0) is 39.0 Å². The lowest BCUT2D eigenvalue weighted by atomic mass is 10.2. The van der Waals surface area contributed by atoms with Gasteiger partial charge in [0.1, 0.15) is 5.60 Å². The quantitative estimate of drug-likeness (QED) is 0.633. The molecule has 100 valence electrons. The molecule has 2 rings (SSSR count). The first-order valence-electron chi connectivity index (χ1n) is 5.97. The number of nitrogens with zero attached hydrogens (tertiary/aromatic N) is 1. The van der Waals surface area contributed by atoms with Crippen LogP contribution in [-0.2, 0) is 4.74 Å². The van der Waals surface area contributed by atoms with Gasteiger partial charge >= 0.3 is 6.09 Å². The third-order valence-electron chi connectivity index (χ3n) is 2.41. The third kappa shape index (κ3) is 3.34. The van der Waals surface area contributed by atoms with Crippen LogP contribution in [0.4, 0.5) is 10.5 Å². The van der Waals surface area contributed by atoms with E-state index in [1.807, 2.05) is 6.07 Å². The van der Waals surface area contributed by atoms with Crippen LogP contribution in [0.1, 0.15) is 20.8 Å². The van der Waals surface area contributed by atoms with Crippen molar-refractivity contribution in [2.75, 3.05) is 5.32 Å². The maximum atomic E-state index is 11.6. The molecule has 0 saturated heterocycles. The Hall–Kier alpha value is -2.30. The van der Waals surface area contributed by atoms with Gasteiger partial charge in [0.15, 0.2) is 6.20 Å². The Labute approximate surface area is 111 Å². The maximum absolute atomic E-state index is 11.6. The summed E-state index contributed by atoms with van der Waals surface area (Å²) in [4.78, 5) is 11.6. The number of amides is 1. The highest BCUT2D eigenvalue weighted by atomic mass is 16.6. The molecule has 1 aromatic carbocycles. The highest BCUT2D eigenvalue weighted by molar-refractivity contribution is 5.89. The second kappa shape index (κ2) is 4.76. The fourth-order valence-corrected chi connectivity index (χ4v) is 1.69. The molecule has 0 fully saturated rings. The molecule has 0 spiro atoms. The molecule has 0 aliphatic rings. The average molecular weight is 260 g/mol. The van der Waals surface area contributed by atoms with Crippen molar-refractivity contribution in [3.63, 3.8) is 0 Å². The van der Waals surface area contributed by atoms with Crippen molar-refractivity contribution < 1.29 is 14.3 Å². The number of carbonyl (C=O) groups excluding carboxylic acids is 1. The highest BCUT2D eigenvalue weighted by Gasteiger charge is 2.16. The summed E-state index contributed by atoms with van der Waals surface area (Å²) < 4.78 is 5.94. The molecule has 19 heavy (non-hydrogen) atoms. The molecule has 1 aromatic heterocycles. The summed E-state index contributed by atoms with van der Waals surface area (Å²) in [6.45, 7) is 5.40. The Morgan fingerprint density at radius 2 is 2.05 bits per heavy atom. The van der Waals surface area contributed by atoms with Crippen LogP contribution in [0.3, 0.4) is 0 Å². The lowest BCUT2D eigenvalue weighted by molar-refractivity contribution is -0.577. The summed E-state index contributed by atoms with van der Waals surface area (Å²) in [5.41, 5.74) is 0.601. The van der Waals surface area contributed by atoms with Gasteiger partial charge in [0.2, 0.25) is 5.52 Å². The van der Waals surface area contributed by atoms with Crippen molar-refractivity contribution in [2.24, 2.45) is 0 Å².